The molecule has 0 N–H and O–H groups in total. The summed E-state index contributed by atoms with van der Waals surface area (Å²) in [6.07, 6.45) is 6.48. The van der Waals surface area contributed by atoms with E-state index in [0.29, 0.717) is 45.8 Å². The van der Waals surface area contributed by atoms with Crippen LogP contribution < -0.4 is 10.4 Å². The van der Waals surface area contributed by atoms with Gasteiger partial charge in [0.25, 0.3) is 0 Å². The third-order valence-corrected chi connectivity index (χ3v) is 46.9. The first kappa shape index (κ1) is 117. The summed E-state index contributed by atoms with van der Waals surface area (Å²) in [5.41, 5.74) is 31.1. The molecule has 14 rings (SSSR count). The van der Waals surface area contributed by atoms with Crippen molar-refractivity contribution in [2.75, 3.05) is 0 Å². The standard InChI is InChI=1S/C27H40.C25H36.C24H38Si.C22H32.C21H32Si.C19H27N/c1-18-19-13-11-12-14-20(19)21(15-22(18)24(2,3)4)23-26(7,8)16-25(5,6)17-27(23,9)10;1-17-19-11-9-10-12-20(19)21(13-22(17)23(2,3)4)18-14-24(5,6)16-25(7,8)15-18;1-16(2)25(17(3)4,18(5)6)23-15-22(24(8,9)10)19(7)20-13-11-12-14-21(20)23;1-14(2)21(15(3)4)19-13-20(22(6,7)8)16(5)17-11-9-10-12-18(17)19;1-8-22(9-2,10-3)20-15-19(21(5,6)7)16(4)17-13-11-12-14-18(17)20;1-12-9-10-14-13(2)15(18(3,4)5)11-16(17(14)20-12)19(6,7)8/h11-15,23H,16-17H2,1-10H3;9-13,18H,14-16H2,1-8H3;11-18H,1-10H3;9-15,21H,1-8H3;11-15H,8-10H2,1-7H3;9-11H,1-8H3. The van der Waals surface area contributed by atoms with E-state index in [2.05, 4.69) is 523 Å². The highest BCUT2D eigenvalue weighted by Crippen LogP contribution is 2.63. The van der Waals surface area contributed by atoms with Crippen LogP contribution in [0, 0.1) is 87.4 Å². The molecule has 0 amide bonds. The lowest BCUT2D eigenvalue weighted by molar-refractivity contribution is -0.00899. The van der Waals surface area contributed by atoms with Gasteiger partial charge in [-0.1, -0.05) is 497 Å². The van der Waals surface area contributed by atoms with Gasteiger partial charge in [-0.05, 0) is 341 Å². The van der Waals surface area contributed by atoms with Crippen LogP contribution in [0.25, 0.3) is 64.8 Å². The van der Waals surface area contributed by atoms with Crippen LogP contribution >= 0.6 is 0 Å². The quantitative estimate of drug-likeness (QED) is 0.105. The maximum Gasteiger partial charge on any atom is 0.0950 e. The van der Waals surface area contributed by atoms with Crippen LogP contribution in [0.2, 0.25) is 34.8 Å². The Hall–Kier alpha value is -7.44. The van der Waals surface area contributed by atoms with Gasteiger partial charge in [0.1, 0.15) is 0 Å². The van der Waals surface area contributed by atoms with E-state index in [0.717, 1.165) is 22.3 Å². The number of pyridine rings is 1. The SMILES string of the molecule is CC[Si](CC)(CC)c1cc(C(C)(C)C)c(C)c2ccccc12.Cc1c(C(C)(C)C)cc(C(C(C)C)C(C)C)c2ccccc12.Cc1c(C(C)(C)C)cc(C2C(C)(C)CC(C)(C)CC2(C)C)c2ccccc12.Cc1c(C(C)(C)C)cc(C2CC(C)(C)CC(C)(C)C2)c2ccccc12.Cc1c(C(C)(C)C)cc([Si](C(C)C)(C(C)C)C(C)C)c2ccccc12.Cc1ccc2c(C)c(C(C)(C)C)cc(C(C)(C)C)c2n1. The molecule has 2 fully saturated rings. The van der Waals surface area contributed by atoms with Crippen molar-refractivity contribution in [2.24, 2.45) is 38.9 Å². The molecule has 0 radical (unpaired) electrons. The summed E-state index contributed by atoms with van der Waals surface area (Å²) in [6.45, 7) is 121. The molecule has 0 aliphatic heterocycles. The van der Waals surface area contributed by atoms with Crippen LogP contribution in [-0.2, 0) is 37.9 Å². The Labute approximate surface area is 869 Å². The maximum absolute atomic E-state index is 4.83. The van der Waals surface area contributed by atoms with E-state index in [1.54, 1.807) is 21.5 Å². The van der Waals surface area contributed by atoms with E-state index in [1.807, 2.05) is 0 Å². The normalized spacial score (nSPS) is 16.2. The Morgan fingerprint density at radius 3 is 0.908 bits per heavy atom. The second kappa shape index (κ2) is 43.2. The lowest BCUT2D eigenvalue weighted by Gasteiger charge is -2.56. The molecule has 0 atom stereocenters. The summed E-state index contributed by atoms with van der Waals surface area (Å²) in [7, 11) is -3.09. The van der Waals surface area contributed by atoms with E-state index >= 15 is 0 Å². The Morgan fingerprint density at radius 2 is 0.567 bits per heavy atom. The number of nitrogens with zero attached hydrogens (tertiary/aromatic N) is 1. The molecule has 1 aromatic heterocycles. The first-order valence-corrected chi connectivity index (χ1v) is 60.4. The minimum Gasteiger partial charge on any atom is -0.253 e. The summed E-state index contributed by atoms with van der Waals surface area (Å²) in [5, 5.41) is 19.4. The summed E-state index contributed by atoms with van der Waals surface area (Å²) < 4.78 is 0. The zero-order valence-corrected chi connectivity index (χ0v) is 102. The molecule has 12 aromatic rings. The molecule has 11 aromatic carbocycles. The first-order valence-electron chi connectivity index (χ1n) is 55.5. The molecule has 0 unspecified atom stereocenters. The van der Waals surface area contributed by atoms with Crippen molar-refractivity contribution < 1.29 is 0 Å². The zero-order chi connectivity index (χ0) is 107. The molecule has 2 saturated carbocycles. The number of benzene rings is 11. The third kappa shape index (κ3) is 25.5. The van der Waals surface area contributed by atoms with Gasteiger partial charge < -0.3 is 0 Å². The van der Waals surface area contributed by atoms with E-state index in [9.17, 15) is 0 Å². The van der Waals surface area contributed by atoms with Gasteiger partial charge in [-0.2, -0.15) is 0 Å². The third-order valence-electron chi connectivity index (χ3n) is 34.2. The number of rotatable bonds is 13. The lowest BCUT2D eigenvalue weighted by atomic mass is 9.48. The van der Waals surface area contributed by atoms with Crippen molar-refractivity contribution in [3.05, 3.63) is 265 Å². The Balaban J connectivity index is 0.000000189. The average Bonchev–Trinajstić information content (AvgIpc) is 0.727. The van der Waals surface area contributed by atoms with Crippen molar-refractivity contribution in [3.63, 3.8) is 0 Å². The number of hydrogen-bond acceptors (Lipinski definition) is 1. The number of hydrogen-bond donors (Lipinski definition) is 0. The van der Waals surface area contributed by atoms with Crippen molar-refractivity contribution in [3.8, 4) is 0 Å². The molecular formula is C138H205NSi2. The molecule has 3 heteroatoms. The van der Waals surface area contributed by atoms with E-state index in [4.69, 9.17) is 4.98 Å². The second-order valence-corrected chi connectivity index (χ2v) is 68.4. The second-order valence-electron chi connectivity index (χ2n) is 57.3. The molecule has 1 heterocycles. The highest BCUT2D eigenvalue weighted by molar-refractivity contribution is 6.96. The molecular weight excluding hydrogens is 1730 g/mol. The molecule has 1 nitrogen and oxygen atoms in total. The molecule has 0 bridgehead atoms. The summed E-state index contributed by atoms with van der Waals surface area (Å²) >= 11 is 0. The fraction of sp³-hybridized carbons (Fsp3) is 0.572. The topological polar surface area (TPSA) is 12.9 Å². The van der Waals surface area contributed by atoms with Gasteiger partial charge in [-0.15, -0.1) is 0 Å². The van der Waals surface area contributed by atoms with Crippen LogP contribution in [-0.4, -0.2) is 21.1 Å². The molecule has 2 aliphatic carbocycles. The van der Waals surface area contributed by atoms with Gasteiger partial charge in [0.15, 0.2) is 0 Å². The van der Waals surface area contributed by atoms with E-state index < -0.39 is 16.1 Å². The van der Waals surface area contributed by atoms with Crippen molar-refractivity contribution >= 4 is 91.3 Å². The van der Waals surface area contributed by atoms with Crippen LogP contribution in [0.1, 0.15) is 449 Å². The van der Waals surface area contributed by atoms with Gasteiger partial charge in [-0.25, -0.2) is 0 Å². The van der Waals surface area contributed by atoms with Crippen LogP contribution in [0.15, 0.2) is 170 Å². The minimum atomic E-state index is -1.70. The number of fused-ring (bicyclic) bond motifs is 6. The van der Waals surface area contributed by atoms with Crippen molar-refractivity contribution in [2.45, 2.75) is 476 Å². The fourth-order valence-electron chi connectivity index (χ4n) is 29.6. The predicted octanol–water partition coefficient (Wildman–Crippen LogP) is 41.9. The predicted molar refractivity (Wildman–Crippen MR) is 643 cm³/mol. The Morgan fingerprint density at radius 1 is 0.291 bits per heavy atom. The number of aromatic nitrogens is 1. The minimum absolute atomic E-state index is 0.104. The average molecular weight is 1930 g/mol. The van der Waals surface area contributed by atoms with Crippen LogP contribution in [0.5, 0.6) is 0 Å². The van der Waals surface area contributed by atoms with Gasteiger partial charge in [-0.3, -0.25) is 4.98 Å². The molecule has 0 spiro atoms. The largest absolute Gasteiger partial charge is 0.253 e. The summed E-state index contributed by atoms with van der Waals surface area (Å²) in [5.74, 6) is 3.12. The summed E-state index contributed by atoms with van der Waals surface area (Å²) in [6, 6.07) is 68.9. The van der Waals surface area contributed by atoms with Crippen molar-refractivity contribution in [1.29, 1.82) is 0 Å². The highest BCUT2D eigenvalue weighted by atomic mass is 28.3. The summed E-state index contributed by atoms with van der Waals surface area (Å²) in [4.78, 5) is 4.83. The fourth-order valence-corrected chi connectivity index (χ4v) is 40.4. The van der Waals surface area contributed by atoms with E-state index in [1.165, 1.54) is 193 Å². The smallest absolute Gasteiger partial charge is 0.0950 e. The first-order chi connectivity index (χ1) is 64.5. The maximum atomic E-state index is 4.83. The van der Waals surface area contributed by atoms with Crippen LogP contribution in [0.4, 0.5) is 0 Å². The van der Waals surface area contributed by atoms with Crippen LogP contribution in [0.3, 0.4) is 0 Å². The number of aryl methyl sites for hydroxylation is 7. The zero-order valence-electron chi connectivity index (χ0n) is 100. The molecule has 0 saturated heterocycles. The highest BCUT2D eigenvalue weighted by Gasteiger charge is 2.52. The molecule has 770 valence electrons. The van der Waals surface area contributed by atoms with Gasteiger partial charge in [0, 0.05) is 11.1 Å². The lowest BCUT2D eigenvalue weighted by Crippen LogP contribution is -2.56. The van der Waals surface area contributed by atoms with Gasteiger partial charge >= 0.3 is 0 Å². The Bertz CT molecular complexity index is 6270. The monoisotopic (exact) mass is 1930 g/mol. The van der Waals surface area contributed by atoms with Gasteiger partial charge in [0.05, 0.1) is 21.7 Å². The Kier molecular flexibility index (Phi) is 35.9. The molecule has 141 heavy (non-hydrogen) atoms. The van der Waals surface area contributed by atoms with E-state index in [-0.39, 0.29) is 48.7 Å². The van der Waals surface area contributed by atoms with Gasteiger partial charge in [0.2, 0.25) is 0 Å². The molecule has 2 aliphatic rings. The van der Waals surface area contributed by atoms with Crippen molar-refractivity contribution in [1.82, 2.24) is 4.98 Å².